The summed E-state index contributed by atoms with van der Waals surface area (Å²) in [6, 6.07) is 6.13. The number of nitrogens with two attached hydrogens (primary N) is 1. The van der Waals surface area contributed by atoms with E-state index in [0.717, 1.165) is 24.8 Å². The van der Waals surface area contributed by atoms with Crippen LogP contribution in [0.5, 0.6) is 0 Å². The van der Waals surface area contributed by atoms with Gasteiger partial charge in [0.1, 0.15) is 5.82 Å². The predicted molar refractivity (Wildman–Crippen MR) is 80.5 cm³/mol. The van der Waals surface area contributed by atoms with Crippen molar-refractivity contribution < 1.29 is 9.18 Å². The van der Waals surface area contributed by atoms with Gasteiger partial charge in [0.05, 0.1) is 6.04 Å². The number of rotatable bonds is 6. The lowest BCUT2D eigenvalue weighted by atomic mass is 9.96. The molecule has 20 heavy (non-hydrogen) atoms. The monoisotopic (exact) mass is 300 g/mol. The van der Waals surface area contributed by atoms with Gasteiger partial charge in [0.2, 0.25) is 5.91 Å². The van der Waals surface area contributed by atoms with Crippen molar-refractivity contribution in [2.24, 2.45) is 5.73 Å². The van der Waals surface area contributed by atoms with Gasteiger partial charge in [-0.15, -0.1) is 12.4 Å². The van der Waals surface area contributed by atoms with Crippen molar-refractivity contribution in [2.75, 3.05) is 6.54 Å². The third kappa shape index (κ3) is 3.93. The molecule has 5 heteroatoms. The molecule has 2 rings (SSSR count). The first-order chi connectivity index (χ1) is 9.07. The first-order valence-corrected chi connectivity index (χ1v) is 6.87. The highest BCUT2D eigenvalue weighted by Crippen LogP contribution is 2.47. The molecule has 1 aromatic carbocycles. The van der Waals surface area contributed by atoms with E-state index in [2.05, 4.69) is 5.32 Å². The van der Waals surface area contributed by atoms with E-state index < -0.39 is 6.04 Å². The summed E-state index contributed by atoms with van der Waals surface area (Å²) in [7, 11) is 0. The number of benzene rings is 1. The minimum absolute atomic E-state index is 0. The topological polar surface area (TPSA) is 55.1 Å². The number of halogens is 2. The van der Waals surface area contributed by atoms with Crippen LogP contribution in [0.15, 0.2) is 24.3 Å². The van der Waals surface area contributed by atoms with Gasteiger partial charge >= 0.3 is 0 Å². The van der Waals surface area contributed by atoms with Gasteiger partial charge in [0.15, 0.2) is 0 Å². The second-order valence-electron chi connectivity index (χ2n) is 5.40. The standard InChI is InChI=1S/C15H21FN2O.ClH/c1-2-3-13(17)14(19)18-10-15(8-9-15)11-4-6-12(16)7-5-11;/h4-7,13H,2-3,8-10,17H2,1H3,(H,18,19);1H. The highest BCUT2D eigenvalue weighted by Gasteiger charge is 2.44. The molecule has 0 aliphatic heterocycles. The Hall–Kier alpha value is -1.13. The van der Waals surface area contributed by atoms with Crippen molar-refractivity contribution in [1.82, 2.24) is 5.32 Å². The van der Waals surface area contributed by atoms with Crippen LogP contribution in [0.3, 0.4) is 0 Å². The van der Waals surface area contributed by atoms with Crippen molar-refractivity contribution in [3.8, 4) is 0 Å². The lowest BCUT2D eigenvalue weighted by Crippen LogP contribution is -2.43. The Bertz CT molecular complexity index is 446. The molecule has 0 heterocycles. The molecule has 1 atom stereocenters. The Labute approximate surface area is 125 Å². The number of carbonyl (C=O) groups is 1. The number of hydrogen-bond donors (Lipinski definition) is 2. The van der Waals surface area contributed by atoms with E-state index in [1.807, 2.05) is 6.92 Å². The van der Waals surface area contributed by atoms with Crippen molar-refractivity contribution in [2.45, 2.75) is 44.1 Å². The lowest BCUT2D eigenvalue weighted by Gasteiger charge is -2.18. The van der Waals surface area contributed by atoms with Crippen LogP contribution in [0.2, 0.25) is 0 Å². The molecule has 3 nitrogen and oxygen atoms in total. The fourth-order valence-corrected chi connectivity index (χ4v) is 2.35. The molecule has 1 unspecified atom stereocenters. The summed E-state index contributed by atoms with van der Waals surface area (Å²) in [5, 5.41) is 2.93. The quantitative estimate of drug-likeness (QED) is 0.848. The minimum atomic E-state index is -0.422. The van der Waals surface area contributed by atoms with Gasteiger partial charge in [-0.2, -0.15) is 0 Å². The fourth-order valence-electron chi connectivity index (χ4n) is 2.35. The summed E-state index contributed by atoms with van der Waals surface area (Å²) < 4.78 is 12.9. The van der Waals surface area contributed by atoms with Gasteiger partial charge in [-0.3, -0.25) is 4.79 Å². The minimum Gasteiger partial charge on any atom is -0.354 e. The Balaban J connectivity index is 0.00000200. The number of carbonyl (C=O) groups excluding carboxylic acids is 1. The molecule has 112 valence electrons. The molecule has 1 aliphatic carbocycles. The van der Waals surface area contributed by atoms with Crippen molar-refractivity contribution in [1.29, 1.82) is 0 Å². The first-order valence-electron chi connectivity index (χ1n) is 6.87. The number of hydrogen-bond acceptors (Lipinski definition) is 2. The molecule has 0 bridgehead atoms. The summed E-state index contributed by atoms with van der Waals surface area (Å²) in [5.41, 5.74) is 6.87. The van der Waals surface area contributed by atoms with E-state index >= 15 is 0 Å². The van der Waals surface area contributed by atoms with E-state index in [-0.39, 0.29) is 29.5 Å². The van der Waals surface area contributed by atoms with Crippen LogP contribution in [0, 0.1) is 5.82 Å². The molecule has 1 aliphatic rings. The maximum absolute atomic E-state index is 12.9. The van der Waals surface area contributed by atoms with Gasteiger partial charge in [0, 0.05) is 12.0 Å². The van der Waals surface area contributed by atoms with Gasteiger partial charge < -0.3 is 11.1 Å². The molecule has 0 aromatic heterocycles. The molecule has 1 amide bonds. The average Bonchev–Trinajstić information content (AvgIpc) is 3.18. The smallest absolute Gasteiger partial charge is 0.236 e. The molecule has 0 radical (unpaired) electrons. The Morgan fingerprint density at radius 3 is 2.50 bits per heavy atom. The van der Waals surface area contributed by atoms with Crippen LogP contribution < -0.4 is 11.1 Å². The molecule has 1 saturated carbocycles. The molecule has 1 fully saturated rings. The van der Waals surface area contributed by atoms with E-state index in [4.69, 9.17) is 5.73 Å². The zero-order valence-electron chi connectivity index (χ0n) is 11.7. The predicted octanol–water partition coefficient (Wildman–Crippen LogP) is 2.52. The van der Waals surface area contributed by atoms with Crippen LogP contribution in [-0.4, -0.2) is 18.5 Å². The maximum Gasteiger partial charge on any atom is 0.236 e. The maximum atomic E-state index is 12.9. The van der Waals surface area contributed by atoms with Crippen molar-refractivity contribution in [3.05, 3.63) is 35.6 Å². The molecular weight excluding hydrogens is 279 g/mol. The van der Waals surface area contributed by atoms with Crippen molar-refractivity contribution >= 4 is 18.3 Å². The van der Waals surface area contributed by atoms with Gasteiger partial charge in [-0.25, -0.2) is 4.39 Å². The van der Waals surface area contributed by atoms with E-state index in [9.17, 15) is 9.18 Å². The third-order valence-electron chi connectivity index (χ3n) is 3.85. The lowest BCUT2D eigenvalue weighted by molar-refractivity contribution is -0.122. The summed E-state index contributed by atoms with van der Waals surface area (Å²) in [6.07, 6.45) is 3.66. The molecule has 1 aromatic rings. The summed E-state index contributed by atoms with van der Waals surface area (Å²) in [5.74, 6) is -0.316. The summed E-state index contributed by atoms with van der Waals surface area (Å²) >= 11 is 0. The van der Waals surface area contributed by atoms with Crippen LogP contribution in [0.1, 0.15) is 38.2 Å². The van der Waals surface area contributed by atoms with Crippen LogP contribution in [0.4, 0.5) is 4.39 Å². The highest BCUT2D eigenvalue weighted by atomic mass is 35.5. The number of amides is 1. The normalized spacial score (nSPS) is 16.9. The van der Waals surface area contributed by atoms with E-state index in [1.54, 1.807) is 12.1 Å². The third-order valence-corrected chi connectivity index (χ3v) is 3.85. The van der Waals surface area contributed by atoms with Gasteiger partial charge in [-0.05, 0) is 37.0 Å². The molecule has 0 spiro atoms. The van der Waals surface area contributed by atoms with Gasteiger partial charge in [-0.1, -0.05) is 25.5 Å². The second-order valence-corrected chi connectivity index (χ2v) is 5.40. The van der Waals surface area contributed by atoms with Crippen molar-refractivity contribution in [3.63, 3.8) is 0 Å². The number of nitrogens with one attached hydrogen (secondary N) is 1. The first kappa shape index (κ1) is 16.9. The molecular formula is C15H22ClFN2O. The van der Waals surface area contributed by atoms with Crippen LogP contribution in [-0.2, 0) is 10.2 Å². The Morgan fingerprint density at radius 2 is 2.00 bits per heavy atom. The summed E-state index contributed by atoms with van der Waals surface area (Å²) in [4.78, 5) is 11.8. The highest BCUT2D eigenvalue weighted by molar-refractivity contribution is 5.85. The average molecular weight is 301 g/mol. The largest absolute Gasteiger partial charge is 0.354 e. The second kappa shape index (κ2) is 7.04. The SMILES string of the molecule is CCCC(N)C(=O)NCC1(c2ccc(F)cc2)CC1.Cl. The van der Waals surface area contributed by atoms with Crippen LogP contribution >= 0.6 is 12.4 Å². The van der Waals surface area contributed by atoms with Gasteiger partial charge in [0.25, 0.3) is 0 Å². The fraction of sp³-hybridized carbons (Fsp3) is 0.533. The zero-order valence-corrected chi connectivity index (χ0v) is 12.5. The van der Waals surface area contributed by atoms with Crippen LogP contribution in [0.25, 0.3) is 0 Å². The Kier molecular flexibility index (Phi) is 5.96. The van der Waals surface area contributed by atoms with E-state index in [1.165, 1.54) is 12.1 Å². The molecule has 3 N–H and O–H groups in total. The Morgan fingerprint density at radius 1 is 1.40 bits per heavy atom. The zero-order chi connectivity index (χ0) is 13.9. The summed E-state index contributed by atoms with van der Waals surface area (Å²) in [6.45, 7) is 2.60. The van der Waals surface area contributed by atoms with E-state index in [0.29, 0.717) is 13.0 Å². The molecule has 0 saturated heterocycles.